The number of carbonyl (C=O) groups excluding carboxylic acids is 1. The van der Waals surface area contributed by atoms with E-state index in [9.17, 15) is 17.6 Å². The predicted octanol–water partition coefficient (Wildman–Crippen LogP) is 3.72. The highest BCUT2D eigenvalue weighted by Crippen LogP contribution is 2.35. The van der Waals surface area contributed by atoms with Crippen molar-refractivity contribution in [3.63, 3.8) is 0 Å². The first-order valence-corrected chi connectivity index (χ1v) is 11.3. The monoisotopic (exact) mass is 521 g/mol. The number of aromatic nitrogens is 2. The number of halogens is 4. The van der Waals surface area contributed by atoms with Crippen molar-refractivity contribution in [3.05, 3.63) is 62.6 Å². The second-order valence-corrected chi connectivity index (χ2v) is 9.27. The van der Waals surface area contributed by atoms with Crippen molar-refractivity contribution in [3.8, 4) is 11.5 Å². The molecule has 0 fully saturated rings. The Balaban J connectivity index is 1.80. The highest BCUT2D eigenvalue weighted by atomic mass is 35.5. The van der Waals surface area contributed by atoms with E-state index in [0.717, 1.165) is 0 Å². The summed E-state index contributed by atoms with van der Waals surface area (Å²) in [6.07, 6.45) is 0. The molecule has 9 nitrogen and oxygen atoms in total. The minimum atomic E-state index is -3.94. The van der Waals surface area contributed by atoms with Gasteiger partial charge in [0, 0.05) is 28.9 Å². The lowest BCUT2D eigenvalue weighted by molar-refractivity contribution is 0.0946. The highest BCUT2D eigenvalue weighted by Gasteiger charge is 2.23. The van der Waals surface area contributed by atoms with Crippen LogP contribution in [0.4, 0.5) is 10.1 Å². The Kier molecular flexibility index (Phi) is 7.16. The molecule has 32 heavy (non-hydrogen) atoms. The lowest BCUT2D eigenvalue weighted by Crippen LogP contribution is -2.24. The first-order chi connectivity index (χ1) is 15.0. The molecule has 3 rings (SSSR count). The van der Waals surface area contributed by atoms with Gasteiger partial charge >= 0.3 is 0 Å². The fraction of sp³-hybridized carbons (Fsp3) is 0.111. The normalized spacial score (nSPS) is 11.4. The first-order valence-electron chi connectivity index (χ1n) is 8.70. The Morgan fingerprint density at radius 3 is 2.62 bits per heavy atom. The molecule has 0 saturated heterocycles. The minimum absolute atomic E-state index is 0.0188. The van der Waals surface area contributed by atoms with Gasteiger partial charge in [0.1, 0.15) is 11.4 Å². The van der Waals surface area contributed by atoms with Gasteiger partial charge in [-0.1, -0.05) is 40.9 Å². The number of nitrogens with two attached hydrogens (primary N) is 1. The van der Waals surface area contributed by atoms with Gasteiger partial charge < -0.3 is 20.8 Å². The average molecular weight is 523 g/mol. The topological polar surface area (TPSA) is 139 Å². The van der Waals surface area contributed by atoms with E-state index < -0.39 is 26.9 Å². The van der Waals surface area contributed by atoms with Crippen molar-refractivity contribution in [1.29, 1.82) is 0 Å². The maximum Gasteiger partial charge on any atom is 0.274 e. The van der Waals surface area contributed by atoms with E-state index in [4.69, 9.17) is 45.3 Å². The largest absolute Gasteiger partial charge is 0.453 e. The fourth-order valence-electron chi connectivity index (χ4n) is 2.53. The number of amides is 1. The zero-order valence-electron chi connectivity index (χ0n) is 16.2. The number of sulfonamides is 1. The molecular formula is C18H15Cl3FN5O4S. The summed E-state index contributed by atoms with van der Waals surface area (Å²) in [5.41, 5.74) is 5.74. The van der Waals surface area contributed by atoms with Crippen LogP contribution in [0, 0.1) is 5.82 Å². The third kappa shape index (κ3) is 5.25. The van der Waals surface area contributed by atoms with Crippen LogP contribution in [0.25, 0.3) is 0 Å². The van der Waals surface area contributed by atoms with Crippen molar-refractivity contribution < 1.29 is 22.3 Å². The number of carbonyl (C=O) groups is 1. The standard InChI is InChI=1S/C18H15Cl3FN5O4S/c1-24-32(29,30)18-26-14(16(21)27-18)17(28)25-7-8-2-3-12(20)15(13(8)22)31-11-5-9(19)4-10(23)6-11/h2-6,24H,7,23H2,1H3,(H,25,28)(H,26,27). The summed E-state index contributed by atoms with van der Waals surface area (Å²) in [5, 5.41) is 1.79. The number of ether oxygens (including phenoxy) is 1. The molecule has 0 aliphatic rings. The maximum absolute atomic E-state index is 15.0. The summed E-state index contributed by atoms with van der Waals surface area (Å²) in [6.45, 7) is -0.292. The summed E-state index contributed by atoms with van der Waals surface area (Å²) >= 11 is 17.8. The van der Waals surface area contributed by atoms with Crippen molar-refractivity contribution >= 4 is 56.4 Å². The van der Waals surface area contributed by atoms with Gasteiger partial charge in [-0.2, -0.15) is 0 Å². The molecule has 1 aromatic heterocycles. The number of nitrogen functional groups attached to an aromatic ring is 1. The summed E-state index contributed by atoms with van der Waals surface area (Å²) in [4.78, 5) is 18.3. The number of H-pyrrole nitrogens is 1. The summed E-state index contributed by atoms with van der Waals surface area (Å²) in [5.74, 6) is -1.76. The summed E-state index contributed by atoms with van der Waals surface area (Å²) < 4.78 is 46.1. The highest BCUT2D eigenvalue weighted by molar-refractivity contribution is 7.89. The third-order valence-corrected chi connectivity index (χ3v) is 6.10. The Hall–Kier alpha value is -2.57. The number of imidazole rings is 1. The van der Waals surface area contributed by atoms with Crippen LogP contribution in [0.15, 0.2) is 35.5 Å². The minimum Gasteiger partial charge on any atom is -0.453 e. The van der Waals surface area contributed by atoms with E-state index in [0.29, 0.717) is 5.69 Å². The van der Waals surface area contributed by atoms with E-state index in [2.05, 4.69) is 15.3 Å². The number of hydrogen-bond acceptors (Lipinski definition) is 6. The second-order valence-electron chi connectivity index (χ2n) is 6.27. The Labute approximate surface area is 197 Å². The lowest BCUT2D eigenvalue weighted by Gasteiger charge is -2.13. The van der Waals surface area contributed by atoms with Gasteiger partial charge in [0.25, 0.3) is 15.9 Å². The van der Waals surface area contributed by atoms with Gasteiger partial charge in [-0.25, -0.2) is 22.5 Å². The number of nitrogens with one attached hydrogen (secondary N) is 3. The fourth-order valence-corrected chi connectivity index (χ4v) is 3.86. The first kappa shape index (κ1) is 24.1. The molecular weight excluding hydrogens is 508 g/mol. The molecule has 0 unspecified atom stereocenters. The van der Waals surface area contributed by atoms with Crippen LogP contribution in [-0.2, 0) is 16.6 Å². The van der Waals surface area contributed by atoms with Crippen molar-refractivity contribution in [2.24, 2.45) is 0 Å². The zero-order chi connectivity index (χ0) is 23.6. The quantitative estimate of drug-likeness (QED) is 0.349. The SMILES string of the molecule is CNS(=O)(=O)c1nc(Cl)c(C(=O)NCc2ccc(Cl)c(Oc3cc(N)cc(Cl)c3)c2F)[nH]1. The summed E-state index contributed by atoms with van der Waals surface area (Å²) in [6, 6.07) is 7.09. The van der Waals surface area contributed by atoms with Crippen LogP contribution in [0.5, 0.6) is 11.5 Å². The molecule has 1 heterocycles. The molecule has 3 aromatic rings. The molecule has 0 radical (unpaired) electrons. The number of aromatic amines is 1. The molecule has 0 saturated carbocycles. The van der Waals surface area contributed by atoms with Crippen LogP contribution >= 0.6 is 34.8 Å². The predicted molar refractivity (Wildman–Crippen MR) is 118 cm³/mol. The Bertz CT molecular complexity index is 1280. The van der Waals surface area contributed by atoms with E-state index in [1.165, 1.54) is 37.4 Å². The smallest absolute Gasteiger partial charge is 0.274 e. The van der Waals surface area contributed by atoms with Crippen LogP contribution in [0.3, 0.4) is 0 Å². The van der Waals surface area contributed by atoms with Gasteiger partial charge in [-0.05, 0) is 25.2 Å². The number of rotatable bonds is 7. The van der Waals surface area contributed by atoms with Crippen LogP contribution in [0.1, 0.15) is 16.1 Å². The molecule has 14 heteroatoms. The molecule has 0 aliphatic carbocycles. The summed E-state index contributed by atoms with van der Waals surface area (Å²) in [7, 11) is -2.77. The van der Waals surface area contributed by atoms with Gasteiger partial charge in [-0.3, -0.25) is 4.79 Å². The zero-order valence-corrected chi connectivity index (χ0v) is 19.3. The molecule has 170 valence electrons. The third-order valence-electron chi connectivity index (χ3n) is 4.07. The van der Waals surface area contributed by atoms with Gasteiger partial charge in [-0.15, -0.1) is 0 Å². The second kappa shape index (κ2) is 9.51. The molecule has 0 bridgehead atoms. The van der Waals surface area contributed by atoms with E-state index in [1.54, 1.807) is 0 Å². The van der Waals surface area contributed by atoms with E-state index >= 15 is 0 Å². The molecule has 1 amide bonds. The average Bonchev–Trinajstić information content (AvgIpc) is 3.12. The van der Waals surface area contributed by atoms with Crippen molar-refractivity contribution in [2.75, 3.05) is 12.8 Å². The molecule has 0 atom stereocenters. The molecule has 5 N–H and O–H groups in total. The number of hydrogen-bond donors (Lipinski definition) is 4. The molecule has 2 aromatic carbocycles. The van der Waals surface area contributed by atoms with Crippen LogP contribution < -0.4 is 20.5 Å². The van der Waals surface area contributed by atoms with Crippen LogP contribution in [-0.4, -0.2) is 31.3 Å². The van der Waals surface area contributed by atoms with Gasteiger partial charge in [0.2, 0.25) is 5.16 Å². The van der Waals surface area contributed by atoms with Gasteiger partial charge in [0.05, 0.1) is 5.02 Å². The molecule has 0 aliphatic heterocycles. The van der Waals surface area contributed by atoms with Crippen molar-refractivity contribution in [2.45, 2.75) is 11.7 Å². The number of nitrogens with zero attached hydrogens (tertiary/aromatic N) is 1. The lowest BCUT2D eigenvalue weighted by atomic mass is 10.2. The Morgan fingerprint density at radius 1 is 1.25 bits per heavy atom. The molecule has 0 spiro atoms. The van der Waals surface area contributed by atoms with Crippen molar-refractivity contribution in [1.82, 2.24) is 20.0 Å². The van der Waals surface area contributed by atoms with Crippen LogP contribution in [0.2, 0.25) is 15.2 Å². The van der Waals surface area contributed by atoms with E-state index in [-0.39, 0.29) is 44.5 Å². The number of anilines is 1. The Morgan fingerprint density at radius 2 is 1.97 bits per heavy atom. The maximum atomic E-state index is 15.0. The number of benzene rings is 2. The van der Waals surface area contributed by atoms with Gasteiger partial charge in [0.15, 0.2) is 16.7 Å². The van der Waals surface area contributed by atoms with E-state index in [1.807, 2.05) is 4.72 Å².